The first-order valence-corrected chi connectivity index (χ1v) is 18.5. The van der Waals surface area contributed by atoms with E-state index in [1.54, 1.807) is 0 Å². The maximum atomic E-state index is 12.5. The number of allylic oxidation sites excluding steroid dienone is 2. The summed E-state index contributed by atoms with van der Waals surface area (Å²) in [6.45, 7) is 0. The van der Waals surface area contributed by atoms with E-state index in [1.807, 2.05) is 0 Å². The van der Waals surface area contributed by atoms with E-state index in [9.17, 15) is 66.0 Å². The van der Waals surface area contributed by atoms with Gasteiger partial charge in [0.15, 0.2) is 0 Å². The Morgan fingerprint density at radius 2 is 0.933 bits per heavy atom. The normalized spacial score (nSPS) is 13.8. The third kappa shape index (κ3) is 12.5. The van der Waals surface area contributed by atoms with Crippen molar-refractivity contribution in [2.24, 2.45) is 10.2 Å². The number of ketones is 2. The van der Waals surface area contributed by atoms with Gasteiger partial charge in [0.2, 0.25) is 11.6 Å². The van der Waals surface area contributed by atoms with E-state index in [1.165, 1.54) is 48.6 Å². The number of nitrogens with zero attached hydrogens (tertiary/aromatic N) is 4. The monoisotopic (exact) mass is 967 g/mol. The van der Waals surface area contributed by atoms with E-state index in [0.29, 0.717) is 0 Å². The molecule has 2 aliphatic carbocycles. The Morgan fingerprint density at radius 3 is 1.23 bits per heavy atom. The Hall–Kier alpha value is -3.03. The first kappa shape index (κ1) is 55.0. The fraction of sp³-hybridized carbons (Fsp3) is 0. The fourth-order valence-corrected chi connectivity index (χ4v) is 6.89. The molecule has 0 fully saturated rings. The zero-order chi connectivity index (χ0) is 41.3. The number of nitro benzene ring substituents is 2. The number of phenols is 2. The van der Waals surface area contributed by atoms with Crippen molar-refractivity contribution in [2.75, 3.05) is 10.9 Å². The fourth-order valence-electron chi connectivity index (χ4n) is 5.01. The molecular formula is C32H20Cl2CrN6Na3O14S2+3. The average Bonchev–Trinajstić information content (AvgIpc) is 3.12. The molecular weight excluding hydrogens is 948 g/mol. The van der Waals surface area contributed by atoms with Crippen LogP contribution in [0.1, 0.15) is 31.8 Å². The van der Waals surface area contributed by atoms with Gasteiger partial charge in [-0.25, -0.2) is 0 Å². The molecule has 0 unspecified atom stereocenters. The summed E-state index contributed by atoms with van der Waals surface area (Å²) in [5, 5.41) is 48.5. The van der Waals surface area contributed by atoms with E-state index in [-0.39, 0.29) is 161 Å². The third-order valence-corrected chi connectivity index (χ3v) is 10.0. The second-order valence-corrected chi connectivity index (χ2v) is 14.7. The van der Waals surface area contributed by atoms with Crippen LogP contribution in [0.3, 0.4) is 0 Å². The number of hydrazone groups is 2. The van der Waals surface area contributed by atoms with Crippen molar-refractivity contribution in [3.8, 4) is 11.5 Å². The van der Waals surface area contributed by atoms with Gasteiger partial charge in [-0.15, -0.1) is 0 Å². The second-order valence-electron chi connectivity index (χ2n) is 11.1. The molecule has 0 saturated carbocycles. The minimum absolute atomic E-state index is 0. The SMILES string of the molecule is O=C1/C(=N\Nc2cc(Cl)c([N+](=O)[O-])cc2O)C=Cc2c1cccc2S(=O)(=O)O.O=C1/C(=N\Nc2cc(Cl)c([N+](=O)[O-])cc2O)C=Cc2c1cccc2S(=O)(=O)O.[Cr].[Na+].[Na+].[Na+]. The molecule has 20 nitrogen and oxygen atoms in total. The minimum atomic E-state index is -4.52. The van der Waals surface area contributed by atoms with Gasteiger partial charge in [0.1, 0.15) is 42.8 Å². The maximum Gasteiger partial charge on any atom is 1.00 e. The maximum absolute atomic E-state index is 12.5. The number of anilines is 2. The zero-order valence-electron chi connectivity index (χ0n) is 30.7. The van der Waals surface area contributed by atoms with Gasteiger partial charge in [-0.05, 0) is 36.4 Å². The molecule has 0 spiro atoms. The van der Waals surface area contributed by atoms with Crippen LogP contribution in [0.2, 0.25) is 10.0 Å². The van der Waals surface area contributed by atoms with E-state index in [0.717, 1.165) is 36.4 Å². The van der Waals surface area contributed by atoms with E-state index < -0.39 is 74.3 Å². The number of hydrogen-bond acceptors (Lipinski definition) is 16. The smallest absolute Gasteiger partial charge is 0.505 e. The zero-order valence-corrected chi connectivity index (χ0v) is 41.1. The predicted molar refractivity (Wildman–Crippen MR) is 201 cm³/mol. The van der Waals surface area contributed by atoms with Crippen molar-refractivity contribution in [1.82, 2.24) is 0 Å². The summed E-state index contributed by atoms with van der Waals surface area (Å²) in [4.78, 5) is 44.3. The van der Waals surface area contributed by atoms with Gasteiger partial charge in [-0.3, -0.25) is 49.8 Å². The van der Waals surface area contributed by atoms with Crippen LogP contribution in [0.5, 0.6) is 11.5 Å². The molecule has 6 N–H and O–H groups in total. The van der Waals surface area contributed by atoms with Gasteiger partial charge < -0.3 is 10.2 Å². The largest absolute Gasteiger partial charge is 1.00 e. The molecule has 0 aromatic heterocycles. The summed E-state index contributed by atoms with van der Waals surface area (Å²) in [5.41, 5.74) is 3.40. The van der Waals surface area contributed by atoms with Crippen LogP contribution in [-0.2, 0) is 37.6 Å². The number of Topliss-reactive ketones (excluding diaryl/α,β-unsaturated/α-hetero) is 2. The number of rotatable bonds is 8. The number of halogens is 2. The summed E-state index contributed by atoms with van der Waals surface area (Å²) < 4.78 is 64.2. The van der Waals surface area contributed by atoms with Crippen molar-refractivity contribution in [1.29, 1.82) is 0 Å². The minimum Gasteiger partial charge on any atom is -0.505 e. The van der Waals surface area contributed by atoms with Crippen LogP contribution in [0, 0.1) is 20.2 Å². The molecule has 0 bridgehead atoms. The summed E-state index contributed by atoms with van der Waals surface area (Å²) in [6, 6.07) is 11.4. The first-order chi connectivity index (χ1) is 26.2. The molecule has 4 aromatic rings. The molecule has 0 aliphatic heterocycles. The standard InChI is InChI=1S/2C16H10ClN3O7S.Cr.3Na/c2*17-10-6-12(14(21)7-13(10)20(23)24)19-18-11-5-4-8-9(16(11)22)2-1-3-15(8)28(25,26)27;;;;/h2*1-7,19,21H,(H,25,26,27);;;;/q;;;3*+1/b2*18-11-;;;;. The number of carbonyl (C=O) groups excluding carboxylic acids is 2. The number of benzene rings is 4. The van der Waals surface area contributed by atoms with E-state index in [2.05, 4.69) is 21.1 Å². The Bertz CT molecular complexity index is 2590. The molecule has 2 aliphatic rings. The third-order valence-electron chi connectivity index (χ3n) is 7.58. The van der Waals surface area contributed by atoms with Gasteiger partial charge in [0.25, 0.3) is 31.6 Å². The molecule has 0 amide bonds. The summed E-state index contributed by atoms with van der Waals surface area (Å²) in [7, 11) is -9.05. The number of aromatic hydroxyl groups is 2. The van der Waals surface area contributed by atoms with Gasteiger partial charge in [-0.1, -0.05) is 59.6 Å². The molecule has 0 heterocycles. The molecule has 4 aromatic carbocycles. The predicted octanol–water partition coefficient (Wildman–Crippen LogP) is -3.23. The molecule has 0 atom stereocenters. The van der Waals surface area contributed by atoms with Crippen LogP contribution >= 0.6 is 23.2 Å². The van der Waals surface area contributed by atoms with Crippen LogP contribution in [0.15, 0.2) is 92.8 Å². The second kappa shape index (κ2) is 22.4. The van der Waals surface area contributed by atoms with Gasteiger partial charge in [-0.2, -0.15) is 27.0 Å². The van der Waals surface area contributed by atoms with Gasteiger partial charge >= 0.3 is 88.7 Å². The quantitative estimate of drug-likeness (QED) is 0.0332. The Kier molecular flexibility index (Phi) is 20.5. The molecule has 0 saturated heterocycles. The van der Waals surface area contributed by atoms with Crippen molar-refractivity contribution in [2.45, 2.75) is 9.79 Å². The van der Waals surface area contributed by atoms with Gasteiger partial charge in [0, 0.05) is 39.6 Å². The number of nitrogens with one attached hydrogen (secondary N) is 2. The topological polar surface area (TPSA) is 318 Å². The van der Waals surface area contributed by atoms with Crippen LogP contribution in [0.4, 0.5) is 22.7 Å². The van der Waals surface area contributed by atoms with Gasteiger partial charge in [0.05, 0.1) is 33.4 Å². The van der Waals surface area contributed by atoms with Crippen LogP contribution < -0.4 is 99.5 Å². The van der Waals surface area contributed by atoms with Crippen molar-refractivity contribution < 1.29 is 162 Å². The summed E-state index contributed by atoms with van der Waals surface area (Å²) >= 11 is 11.5. The van der Waals surface area contributed by atoms with E-state index >= 15 is 0 Å². The number of carbonyl (C=O) groups is 2. The molecule has 0 radical (unpaired) electrons. The van der Waals surface area contributed by atoms with Crippen molar-refractivity contribution >= 4 is 101 Å². The van der Waals surface area contributed by atoms with Crippen molar-refractivity contribution in [3.05, 3.63) is 125 Å². The number of fused-ring (bicyclic) bond motifs is 2. The van der Waals surface area contributed by atoms with Crippen LogP contribution in [0.25, 0.3) is 12.2 Å². The molecule has 6 rings (SSSR count). The average molecular weight is 969 g/mol. The summed E-state index contributed by atoms with van der Waals surface area (Å²) in [5.74, 6) is -2.30. The van der Waals surface area contributed by atoms with Crippen LogP contribution in [-0.4, -0.2) is 69.0 Å². The number of phenolic OH excluding ortho intramolecular Hbond substituents is 2. The first-order valence-electron chi connectivity index (χ1n) is 14.9. The van der Waals surface area contributed by atoms with Crippen molar-refractivity contribution in [3.63, 3.8) is 0 Å². The molecule has 28 heteroatoms. The number of nitro groups is 2. The number of hydrogen-bond donors (Lipinski definition) is 6. The Labute approximate surface area is 425 Å². The van der Waals surface area contributed by atoms with E-state index in [4.69, 9.17) is 23.2 Å². The Balaban J connectivity index is 0.000000562. The molecule has 60 heavy (non-hydrogen) atoms. The Morgan fingerprint density at radius 1 is 0.600 bits per heavy atom. The summed E-state index contributed by atoms with van der Waals surface area (Å²) in [6.07, 6.45) is 5.03. The molecule has 294 valence electrons.